The van der Waals surface area contributed by atoms with Crippen LogP contribution in [0.2, 0.25) is 0 Å². The molecule has 0 rings (SSSR count). The molecule has 0 saturated heterocycles. The molecule has 0 aromatic rings. The van der Waals surface area contributed by atoms with Crippen LogP contribution in [-0.2, 0) is 0 Å². The lowest BCUT2D eigenvalue weighted by Gasteiger charge is -2.32. The molecule has 0 heterocycles. The van der Waals surface area contributed by atoms with Gasteiger partial charge < -0.3 is 4.48 Å². The highest BCUT2D eigenvalue weighted by atomic mass is 15.3. The quantitative estimate of drug-likeness (QED) is 0.400. The molecule has 0 aliphatic heterocycles. The predicted octanol–water partition coefficient (Wildman–Crippen LogP) is 4.86. The Balaban J connectivity index is 3.57. The second kappa shape index (κ2) is 8.13. The van der Waals surface area contributed by atoms with Crippen LogP contribution < -0.4 is 0 Å². The van der Waals surface area contributed by atoms with Gasteiger partial charge in [-0.25, -0.2) is 0 Å². The van der Waals surface area contributed by atoms with Crippen LogP contribution in [0.25, 0.3) is 0 Å². The van der Waals surface area contributed by atoms with Crippen molar-refractivity contribution in [2.45, 2.75) is 72.6 Å². The number of nitrogens with zero attached hydrogens (tertiary/aromatic N) is 1. The van der Waals surface area contributed by atoms with Gasteiger partial charge in [0.25, 0.3) is 0 Å². The largest absolute Gasteiger partial charge is 0.328 e. The van der Waals surface area contributed by atoms with Crippen molar-refractivity contribution in [2.75, 3.05) is 27.2 Å². The van der Waals surface area contributed by atoms with Gasteiger partial charge in [-0.05, 0) is 18.3 Å². The van der Waals surface area contributed by atoms with E-state index in [0.717, 1.165) is 0 Å². The third kappa shape index (κ3) is 12.2. The third-order valence-corrected chi connectivity index (χ3v) is 3.58. The van der Waals surface area contributed by atoms with E-state index in [0.29, 0.717) is 5.41 Å². The molecule has 0 unspecified atom stereocenters. The Morgan fingerprint density at radius 1 is 0.765 bits per heavy atom. The Morgan fingerprint density at radius 2 is 1.29 bits per heavy atom. The summed E-state index contributed by atoms with van der Waals surface area (Å²) in [6, 6.07) is 0. The maximum Gasteiger partial charge on any atom is 0.0787 e. The maximum atomic E-state index is 2.39. The van der Waals surface area contributed by atoms with E-state index in [-0.39, 0.29) is 0 Å². The number of quaternary nitrogens is 1. The molecule has 0 spiro atoms. The predicted molar refractivity (Wildman–Crippen MR) is 79.3 cm³/mol. The molecule has 0 bridgehead atoms. The van der Waals surface area contributed by atoms with Gasteiger partial charge in [-0.3, -0.25) is 0 Å². The number of hydrogen-bond donors (Lipinski definition) is 0. The molecule has 0 aliphatic carbocycles. The van der Waals surface area contributed by atoms with Crippen LogP contribution in [0.5, 0.6) is 0 Å². The monoisotopic (exact) mass is 242 g/mol. The molecule has 0 atom stereocenters. The molecule has 104 valence electrons. The molecule has 0 radical (unpaired) electrons. The fourth-order valence-electron chi connectivity index (χ4n) is 2.07. The molecular formula is C16H36N+. The van der Waals surface area contributed by atoms with Crippen molar-refractivity contribution < 1.29 is 4.48 Å². The van der Waals surface area contributed by atoms with Crippen molar-refractivity contribution in [1.82, 2.24) is 0 Å². The van der Waals surface area contributed by atoms with E-state index in [4.69, 9.17) is 0 Å². The van der Waals surface area contributed by atoms with Gasteiger partial charge in [0.2, 0.25) is 0 Å². The first kappa shape index (κ1) is 17.0. The molecule has 0 N–H and O–H groups in total. The Bertz CT molecular complexity index is 176. The average Bonchev–Trinajstić information content (AvgIpc) is 2.20. The minimum atomic E-state index is 0.483. The fourth-order valence-corrected chi connectivity index (χ4v) is 2.07. The molecule has 0 fully saturated rings. The Hall–Kier alpha value is -0.0400. The highest BCUT2D eigenvalue weighted by Crippen LogP contribution is 2.20. The smallest absolute Gasteiger partial charge is 0.0787 e. The van der Waals surface area contributed by atoms with Crippen molar-refractivity contribution in [3.8, 4) is 0 Å². The summed E-state index contributed by atoms with van der Waals surface area (Å²) < 4.78 is 1.20. The lowest BCUT2D eigenvalue weighted by Crippen LogP contribution is -2.42. The van der Waals surface area contributed by atoms with Gasteiger partial charge in [0.05, 0.1) is 27.2 Å². The molecule has 17 heavy (non-hydrogen) atoms. The Morgan fingerprint density at radius 3 is 1.82 bits per heavy atom. The summed E-state index contributed by atoms with van der Waals surface area (Å²) in [5.74, 6) is 0. The van der Waals surface area contributed by atoms with E-state index < -0.39 is 0 Å². The highest BCUT2D eigenvalue weighted by molar-refractivity contribution is 4.60. The molecule has 1 heteroatoms. The van der Waals surface area contributed by atoms with Gasteiger partial charge >= 0.3 is 0 Å². The van der Waals surface area contributed by atoms with Crippen molar-refractivity contribution in [2.24, 2.45) is 5.41 Å². The van der Waals surface area contributed by atoms with Gasteiger partial charge in [0.15, 0.2) is 0 Å². The van der Waals surface area contributed by atoms with Crippen molar-refractivity contribution in [3.63, 3.8) is 0 Å². The topological polar surface area (TPSA) is 0 Å². The average molecular weight is 242 g/mol. The Kier molecular flexibility index (Phi) is 8.11. The molecule has 0 aromatic carbocycles. The molecule has 1 nitrogen and oxygen atoms in total. The van der Waals surface area contributed by atoms with E-state index in [1.165, 1.54) is 62.5 Å². The molecule has 0 aromatic heterocycles. The summed E-state index contributed by atoms with van der Waals surface area (Å²) in [6.45, 7) is 12.0. The van der Waals surface area contributed by atoms with Crippen LogP contribution in [0.3, 0.4) is 0 Å². The summed E-state index contributed by atoms with van der Waals surface area (Å²) in [4.78, 5) is 0. The summed E-state index contributed by atoms with van der Waals surface area (Å²) >= 11 is 0. The lowest BCUT2D eigenvalue weighted by molar-refractivity contribution is -0.891. The first-order valence-electron chi connectivity index (χ1n) is 7.59. The van der Waals surface area contributed by atoms with Crippen LogP contribution >= 0.6 is 0 Å². The third-order valence-electron chi connectivity index (χ3n) is 3.58. The zero-order valence-electron chi connectivity index (χ0n) is 13.3. The first-order chi connectivity index (χ1) is 7.77. The van der Waals surface area contributed by atoms with Crippen molar-refractivity contribution >= 4 is 0 Å². The first-order valence-corrected chi connectivity index (χ1v) is 7.59. The normalized spacial score (nSPS) is 13.1. The summed E-state index contributed by atoms with van der Waals surface area (Å²) in [5.41, 5.74) is 0.483. The SMILES string of the molecule is CCCCCCCC[N+](C)(C)CCC(C)(C)C. The van der Waals surface area contributed by atoms with Crippen LogP contribution in [0, 0.1) is 5.41 Å². The second-order valence-electron chi connectivity index (χ2n) is 7.46. The van der Waals surface area contributed by atoms with Gasteiger partial charge in [0.1, 0.15) is 0 Å². The highest BCUT2D eigenvalue weighted by Gasteiger charge is 2.19. The second-order valence-corrected chi connectivity index (χ2v) is 7.46. The fraction of sp³-hybridized carbons (Fsp3) is 1.00. The van der Waals surface area contributed by atoms with E-state index in [9.17, 15) is 0 Å². The minimum Gasteiger partial charge on any atom is -0.328 e. The maximum absolute atomic E-state index is 2.39. The van der Waals surface area contributed by atoms with Gasteiger partial charge in [-0.1, -0.05) is 53.4 Å². The zero-order valence-corrected chi connectivity index (χ0v) is 13.3. The summed E-state index contributed by atoms with van der Waals surface area (Å²) in [7, 11) is 4.77. The van der Waals surface area contributed by atoms with Crippen LogP contribution in [0.4, 0.5) is 0 Å². The van der Waals surface area contributed by atoms with Gasteiger partial charge in [0, 0.05) is 6.42 Å². The summed E-state index contributed by atoms with van der Waals surface area (Å²) in [5, 5.41) is 0. The van der Waals surface area contributed by atoms with Gasteiger partial charge in [-0.2, -0.15) is 0 Å². The van der Waals surface area contributed by atoms with E-state index in [2.05, 4.69) is 41.8 Å². The number of rotatable bonds is 9. The van der Waals surface area contributed by atoms with Crippen LogP contribution in [0.15, 0.2) is 0 Å². The molecule has 0 amide bonds. The molecular weight excluding hydrogens is 206 g/mol. The summed E-state index contributed by atoms with van der Waals surface area (Å²) in [6.07, 6.45) is 9.81. The van der Waals surface area contributed by atoms with Crippen molar-refractivity contribution in [3.05, 3.63) is 0 Å². The van der Waals surface area contributed by atoms with E-state index >= 15 is 0 Å². The van der Waals surface area contributed by atoms with E-state index in [1.807, 2.05) is 0 Å². The van der Waals surface area contributed by atoms with Gasteiger partial charge in [-0.15, -0.1) is 0 Å². The number of unbranched alkanes of at least 4 members (excludes halogenated alkanes) is 5. The number of hydrogen-bond acceptors (Lipinski definition) is 0. The standard InChI is InChI=1S/C16H36N/c1-7-8-9-10-11-12-14-17(5,6)15-13-16(2,3)4/h7-15H2,1-6H3/q+1. The zero-order chi connectivity index (χ0) is 13.4. The minimum absolute atomic E-state index is 0.483. The Labute approximate surface area is 110 Å². The lowest BCUT2D eigenvalue weighted by atomic mass is 9.92. The molecule has 0 saturated carbocycles. The molecule has 0 aliphatic rings. The van der Waals surface area contributed by atoms with Crippen LogP contribution in [-0.4, -0.2) is 31.7 Å². The van der Waals surface area contributed by atoms with Crippen LogP contribution in [0.1, 0.15) is 72.6 Å². The van der Waals surface area contributed by atoms with E-state index in [1.54, 1.807) is 0 Å². The van der Waals surface area contributed by atoms with Crippen molar-refractivity contribution in [1.29, 1.82) is 0 Å².